The average Bonchev–Trinajstić information content (AvgIpc) is 2.48. The van der Waals surface area contributed by atoms with Crippen molar-refractivity contribution in [3.05, 3.63) is 59.7 Å². The first-order chi connectivity index (χ1) is 9.79. The Hall–Kier alpha value is -1.96. The first kappa shape index (κ1) is 14.4. The molecule has 0 fully saturated rings. The highest BCUT2D eigenvalue weighted by Gasteiger charge is 1.99. The smallest absolute Gasteiger partial charge is 0.119 e. The van der Waals surface area contributed by atoms with Crippen LogP contribution in [0, 0.1) is 0 Å². The van der Waals surface area contributed by atoms with Crippen molar-refractivity contribution in [2.75, 3.05) is 12.3 Å². The predicted molar refractivity (Wildman–Crippen MR) is 85.1 cm³/mol. The molecule has 0 heterocycles. The van der Waals surface area contributed by atoms with Gasteiger partial charge in [0.25, 0.3) is 0 Å². The molecule has 0 bridgehead atoms. The number of benzene rings is 2. The summed E-state index contributed by atoms with van der Waals surface area (Å²) in [7, 11) is 0. The predicted octanol–water partition coefficient (Wildman–Crippen LogP) is 4.23. The van der Waals surface area contributed by atoms with E-state index in [4.69, 9.17) is 10.5 Å². The van der Waals surface area contributed by atoms with Gasteiger partial charge in [-0.2, -0.15) is 0 Å². The molecule has 0 atom stereocenters. The van der Waals surface area contributed by atoms with E-state index >= 15 is 0 Å². The summed E-state index contributed by atoms with van der Waals surface area (Å²) < 4.78 is 5.77. The SMILES string of the molecule is CCCCc1ccc(OCCc2ccccc2N)cc1. The van der Waals surface area contributed by atoms with Gasteiger partial charge in [-0.05, 0) is 42.2 Å². The Labute approximate surface area is 121 Å². The normalized spacial score (nSPS) is 10.4. The second kappa shape index (κ2) is 7.59. The molecule has 2 aromatic carbocycles. The van der Waals surface area contributed by atoms with Crippen molar-refractivity contribution >= 4 is 5.69 Å². The van der Waals surface area contributed by atoms with Crippen LogP contribution in [-0.4, -0.2) is 6.61 Å². The van der Waals surface area contributed by atoms with E-state index in [1.165, 1.54) is 18.4 Å². The first-order valence-electron chi connectivity index (χ1n) is 7.34. The van der Waals surface area contributed by atoms with Crippen LogP contribution in [-0.2, 0) is 12.8 Å². The molecule has 0 unspecified atom stereocenters. The van der Waals surface area contributed by atoms with Crippen molar-refractivity contribution in [1.82, 2.24) is 0 Å². The van der Waals surface area contributed by atoms with E-state index in [9.17, 15) is 0 Å². The van der Waals surface area contributed by atoms with Crippen molar-refractivity contribution in [2.45, 2.75) is 32.6 Å². The summed E-state index contributed by atoms with van der Waals surface area (Å²) in [6.07, 6.45) is 4.46. The van der Waals surface area contributed by atoms with E-state index in [0.29, 0.717) is 6.61 Å². The molecule has 0 saturated heterocycles. The Kier molecular flexibility index (Phi) is 5.48. The molecule has 0 saturated carbocycles. The molecule has 20 heavy (non-hydrogen) atoms. The lowest BCUT2D eigenvalue weighted by atomic mass is 10.1. The van der Waals surface area contributed by atoms with E-state index < -0.39 is 0 Å². The minimum absolute atomic E-state index is 0.655. The number of ether oxygens (including phenoxy) is 1. The Morgan fingerprint density at radius 2 is 1.70 bits per heavy atom. The largest absolute Gasteiger partial charge is 0.493 e. The van der Waals surface area contributed by atoms with Crippen LogP contribution >= 0.6 is 0 Å². The van der Waals surface area contributed by atoms with Gasteiger partial charge in [-0.15, -0.1) is 0 Å². The molecule has 106 valence electrons. The zero-order chi connectivity index (χ0) is 14.2. The van der Waals surface area contributed by atoms with Gasteiger partial charge < -0.3 is 10.5 Å². The van der Waals surface area contributed by atoms with E-state index in [1.807, 2.05) is 24.3 Å². The second-order valence-corrected chi connectivity index (χ2v) is 5.04. The lowest BCUT2D eigenvalue weighted by molar-refractivity contribution is 0.322. The summed E-state index contributed by atoms with van der Waals surface area (Å²) in [4.78, 5) is 0. The molecule has 2 nitrogen and oxygen atoms in total. The average molecular weight is 269 g/mol. The number of hydrogen-bond donors (Lipinski definition) is 1. The summed E-state index contributed by atoms with van der Waals surface area (Å²) in [6, 6.07) is 16.4. The maximum atomic E-state index is 5.91. The van der Waals surface area contributed by atoms with Gasteiger partial charge in [0, 0.05) is 12.1 Å². The van der Waals surface area contributed by atoms with Crippen LogP contribution in [0.15, 0.2) is 48.5 Å². The fourth-order valence-electron chi connectivity index (χ4n) is 2.17. The van der Waals surface area contributed by atoms with Gasteiger partial charge in [0.2, 0.25) is 0 Å². The van der Waals surface area contributed by atoms with E-state index in [0.717, 1.165) is 29.8 Å². The van der Waals surface area contributed by atoms with Gasteiger partial charge in [0.1, 0.15) is 5.75 Å². The fourth-order valence-corrected chi connectivity index (χ4v) is 2.17. The van der Waals surface area contributed by atoms with Gasteiger partial charge in [0.05, 0.1) is 6.61 Å². The number of anilines is 1. The van der Waals surface area contributed by atoms with Gasteiger partial charge >= 0.3 is 0 Å². The van der Waals surface area contributed by atoms with Gasteiger partial charge in [-0.25, -0.2) is 0 Å². The zero-order valence-electron chi connectivity index (χ0n) is 12.1. The molecule has 2 N–H and O–H groups in total. The molecule has 0 spiro atoms. The maximum Gasteiger partial charge on any atom is 0.119 e. The van der Waals surface area contributed by atoms with Crippen LogP contribution < -0.4 is 10.5 Å². The molecule has 0 aromatic heterocycles. The third-order valence-corrected chi connectivity index (χ3v) is 3.44. The number of rotatable bonds is 7. The lowest BCUT2D eigenvalue weighted by Crippen LogP contribution is -2.03. The number of nitrogens with two attached hydrogens (primary N) is 1. The molecule has 0 aliphatic rings. The Bertz CT molecular complexity index is 519. The standard InChI is InChI=1S/C18H23NO/c1-2-3-6-15-9-11-17(12-10-15)20-14-13-16-7-4-5-8-18(16)19/h4-5,7-12H,2-3,6,13-14,19H2,1H3. The highest BCUT2D eigenvalue weighted by atomic mass is 16.5. The number of nitrogen functional groups attached to an aromatic ring is 1. The van der Waals surface area contributed by atoms with Crippen LogP contribution in [0.25, 0.3) is 0 Å². The second-order valence-electron chi connectivity index (χ2n) is 5.04. The van der Waals surface area contributed by atoms with Crippen LogP contribution in [0.5, 0.6) is 5.75 Å². The Balaban J connectivity index is 1.81. The van der Waals surface area contributed by atoms with Crippen LogP contribution in [0.2, 0.25) is 0 Å². The maximum absolute atomic E-state index is 5.91. The van der Waals surface area contributed by atoms with Crippen LogP contribution in [0.3, 0.4) is 0 Å². The van der Waals surface area contributed by atoms with Crippen molar-refractivity contribution in [2.24, 2.45) is 0 Å². The van der Waals surface area contributed by atoms with Crippen molar-refractivity contribution in [3.63, 3.8) is 0 Å². The van der Waals surface area contributed by atoms with Crippen LogP contribution in [0.1, 0.15) is 30.9 Å². The molecule has 0 amide bonds. The van der Waals surface area contributed by atoms with Crippen molar-refractivity contribution < 1.29 is 4.74 Å². The van der Waals surface area contributed by atoms with E-state index in [2.05, 4.69) is 31.2 Å². The van der Waals surface area contributed by atoms with Gasteiger partial charge in [-0.3, -0.25) is 0 Å². The molecular formula is C18H23NO. The van der Waals surface area contributed by atoms with E-state index in [1.54, 1.807) is 0 Å². The number of para-hydroxylation sites is 1. The quantitative estimate of drug-likeness (QED) is 0.763. The summed E-state index contributed by atoms with van der Waals surface area (Å²) in [6.45, 7) is 2.87. The minimum Gasteiger partial charge on any atom is -0.493 e. The molecule has 0 aliphatic heterocycles. The van der Waals surface area contributed by atoms with Gasteiger partial charge in [0.15, 0.2) is 0 Å². The topological polar surface area (TPSA) is 35.2 Å². The Morgan fingerprint density at radius 3 is 2.40 bits per heavy atom. The number of unbranched alkanes of at least 4 members (excludes halogenated alkanes) is 1. The first-order valence-corrected chi connectivity index (χ1v) is 7.34. The molecule has 0 aliphatic carbocycles. The summed E-state index contributed by atoms with van der Waals surface area (Å²) >= 11 is 0. The van der Waals surface area contributed by atoms with Gasteiger partial charge in [-0.1, -0.05) is 43.7 Å². The zero-order valence-corrected chi connectivity index (χ0v) is 12.1. The highest BCUT2D eigenvalue weighted by molar-refractivity contribution is 5.46. The fraction of sp³-hybridized carbons (Fsp3) is 0.333. The molecule has 2 heteroatoms. The number of aryl methyl sites for hydroxylation is 1. The monoisotopic (exact) mass is 269 g/mol. The summed E-state index contributed by atoms with van der Waals surface area (Å²) in [5, 5.41) is 0. The molecule has 2 rings (SSSR count). The van der Waals surface area contributed by atoms with E-state index in [-0.39, 0.29) is 0 Å². The molecular weight excluding hydrogens is 246 g/mol. The minimum atomic E-state index is 0.655. The summed E-state index contributed by atoms with van der Waals surface area (Å²) in [5.74, 6) is 0.930. The molecule has 2 aromatic rings. The lowest BCUT2D eigenvalue weighted by Gasteiger charge is -2.08. The molecule has 0 radical (unpaired) electrons. The van der Waals surface area contributed by atoms with Crippen LogP contribution in [0.4, 0.5) is 5.69 Å². The highest BCUT2D eigenvalue weighted by Crippen LogP contribution is 2.15. The van der Waals surface area contributed by atoms with Crippen molar-refractivity contribution in [1.29, 1.82) is 0 Å². The van der Waals surface area contributed by atoms with Crippen molar-refractivity contribution in [3.8, 4) is 5.75 Å². The number of hydrogen-bond acceptors (Lipinski definition) is 2. The summed E-state index contributed by atoms with van der Waals surface area (Å²) in [5.41, 5.74) is 9.28. The Morgan fingerprint density at radius 1 is 0.950 bits per heavy atom. The third-order valence-electron chi connectivity index (χ3n) is 3.44. The third kappa shape index (κ3) is 4.30.